The van der Waals surface area contributed by atoms with Crippen LogP contribution in [-0.4, -0.2) is 43.8 Å². The van der Waals surface area contributed by atoms with Gasteiger partial charge in [-0.15, -0.1) is 0 Å². The number of benzene rings is 5. The lowest BCUT2D eigenvalue weighted by atomic mass is 10.0. The summed E-state index contributed by atoms with van der Waals surface area (Å²) in [6.07, 6.45) is -1.44. The molecule has 5 aromatic rings. The lowest BCUT2D eigenvalue weighted by Gasteiger charge is -2.32. The van der Waals surface area contributed by atoms with Gasteiger partial charge in [0.05, 0.1) is 9.79 Å². The Hall–Kier alpha value is -4.15. The fraction of sp³-hybridized carbons (Fsp3) is 0.171. The standard InChI is InChI=1S/C35H32N2O5S2/c1-25-15-19-30(20-16-25)43(39,40)36-24-29(23-34(38)28-10-4-3-5-11-28)37(44(41,42)31-21-17-26(2)18-22-31)35(36)33-14-8-12-27-9-6-7-13-32(27)33/h3-22,29,35H,23-24H2,1-2H3/t29-,35+/m1/s1. The third-order valence-electron chi connectivity index (χ3n) is 8.11. The van der Waals surface area contributed by atoms with E-state index in [0.29, 0.717) is 11.1 Å². The van der Waals surface area contributed by atoms with Crippen LogP contribution in [0.5, 0.6) is 0 Å². The molecule has 6 rings (SSSR count). The molecule has 7 nitrogen and oxygen atoms in total. The van der Waals surface area contributed by atoms with E-state index in [1.807, 2.05) is 44.2 Å². The normalized spacial score (nSPS) is 18.0. The molecule has 9 heteroatoms. The Morgan fingerprint density at radius 2 is 1.20 bits per heavy atom. The van der Waals surface area contributed by atoms with Gasteiger partial charge in [0.1, 0.15) is 6.17 Å². The molecule has 0 aliphatic carbocycles. The van der Waals surface area contributed by atoms with Gasteiger partial charge in [-0.2, -0.15) is 8.61 Å². The zero-order valence-electron chi connectivity index (χ0n) is 24.4. The summed E-state index contributed by atoms with van der Waals surface area (Å²) < 4.78 is 60.6. The highest BCUT2D eigenvalue weighted by molar-refractivity contribution is 7.90. The highest BCUT2D eigenvalue weighted by atomic mass is 32.2. The lowest BCUT2D eigenvalue weighted by molar-refractivity contribution is 0.0960. The maximum atomic E-state index is 14.6. The summed E-state index contributed by atoms with van der Waals surface area (Å²) in [4.78, 5) is 13.7. The number of carbonyl (C=O) groups excluding carboxylic acids is 1. The monoisotopic (exact) mass is 624 g/mol. The molecule has 224 valence electrons. The smallest absolute Gasteiger partial charge is 0.245 e. The maximum absolute atomic E-state index is 14.6. The van der Waals surface area contributed by atoms with Crippen molar-refractivity contribution in [2.24, 2.45) is 0 Å². The number of sulfonamides is 2. The van der Waals surface area contributed by atoms with E-state index < -0.39 is 32.3 Å². The molecule has 2 atom stereocenters. The number of nitrogens with zero attached hydrogens (tertiary/aromatic N) is 2. The van der Waals surface area contributed by atoms with E-state index in [1.165, 1.54) is 32.9 Å². The second-order valence-electron chi connectivity index (χ2n) is 11.1. The minimum atomic E-state index is -4.31. The molecule has 1 heterocycles. The SMILES string of the molecule is Cc1ccc(S(=O)(=O)N2C[C@@H](CC(=O)c3ccccc3)N(S(=O)(=O)c3ccc(C)cc3)[C@H]2c2cccc3ccccc23)cc1. The van der Waals surface area contributed by atoms with E-state index >= 15 is 0 Å². The predicted molar refractivity (Wildman–Crippen MR) is 171 cm³/mol. The molecule has 0 aromatic heterocycles. The van der Waals surface area contributed by atoms with Crippen LogP contribution < -0.4 is 0 Å². The van der Waals surface area contributed by atoms with E-state index in [0.717, 1.165) is 21.9 Å². The largest absolute Gasteiger partial charge is 0.294 e. The summed E-state index contributed by atoms with van der Waals surface area (Å²) in [5.41, 5.74) is 2.73. The third-order valence-corrected chi connectivity index (χ3v) is 11.9. The first-order valence-electron chi connectivity index (χ1n) is 14.3. The van der Waals surface area contributed by atoms with Gasteiger partial charge in [0.25, 0.3) is 0 Å². The van der Waals surface area contributed by atoms with Gasteiger partial charge < -0.3 is 0 Å². The Kier molecular flexibility index (Phi) is 7.98. The maximum Gasteiger partial charge on any atom is 0.245 e. The zero-order valence-corrected chi connectivity index (χ0v) is 26.0. The molecule has 0 amide bonds. The van der Waals surface area contributed by atoms with Crippen LogP contribution in [-0.2, 0) is 20.0 Å². The van der Waals surface area contributed by atoms with Crippen molar-refractivity contribution in [1.29, 1.82) is 0 Å². The molecular weight excluding hydrogens is 593 g/mol. The number of hydrogen-bond donors (Lipinski definition) is 0. The third kappa shape index (κ3) is 5.48. The van der Waals surface area contributed by atoms with E-state index in [-0.39, 0.29) is 28.5 Å². The minimum absolute atomic E-state index is 0.0279. The molecule has 1 aliphatic rings. The number of rotatable bonds is 8. The molecule has 0 bridgehead atoms. The van der Waals surface area contributed by atoms with E-state index in [2.05, 4.69) is 0 Å². The van der Waals surface area contributed by atoms with Gasteiger partial charge in [-0.05, 0) is 54.4 Å². The van der Waals surface area contributed by atoms with Crippen molar-refractivity contribution in [3.8, 4) is 0 Å². The summed E-state index contributed by atoms with van der Waals surface area (Å²) >= 11 is 0. The van der Waals surface area contributed by atoms with Gasteiger partial charge in [-0.1, -0.05) is 108 Å². The van der Waals surface area contributed by atoms with Crippen molar-refractivity contribution in [3.05, 3.63) is 144 Å². The summed E-state index contributed by atoms with van der Waals surface area (Å²) in [7, 11) is -8.53. The molecule has 1 aliphatic heterocycles. The van der Waals surface area contributed by atoms with Gasteiger partial charge in [-0.3, -0.25) is 4.79 Å². The van der Waals surface area contributed by atoms with Gasteiger partial charge in [0, 0.05) is 24.6 Å². The van der Waals surface area contributed by atoms with Crippen molar-refractivity contribution >= 4 is 36.6 Å². The van der Waals surface area contributed by atoms with Crippen LogP contribution in [0.3, 0.4) is 0 Å². The molecule has 1 saturated heterocycles. The molecule has 5 aromatic carbocycles. The second-order valence-corrected chi connectivity index (χ2v) is 14.9. The van der Waals surface area contributed by atoms with Crippen molar-refractivity contribution in [3.63, 3.8) is 0 Å². The minimum Gasteiger partial charge on any atom is -0.294 e. The summed E-state index contributed by atoms with van der Waals surface area (Å²) in [5, 5.41) is 1.57. The number of aryl methyl sites for hydroxylation is 2. The number of Topliss-reactive ketones (excluding diaryl/α,β-unsaturated/α-hetero) is 1. The highest BCUT2D eigenvalue weighted by Crippen LogP contribution is 2.44. The van der Waals surface area contributed by atoms with Crippen molar-refractivity contribution < 1.29 is 21.6 Å². The van der Waals surface area contributed by atoms with Crippen LogP contribution in [0.15, 0.2) is 131 Å². The zero-order chi connectivity index (χ0) is 31.1. The Bertz CT molecular complexity index is 2040. The fourth-order valence-electron chi connectivity index (χ4n) is 5.83. The van der Waals surface area contributed by atoms with Crippen molar-refractivity contribution in [2.75, 3.05) is 6.54 Å². The van der Waals surface area contributed by atoms with E-state index in [4.69, 9.17) is 0 Å². The summed E-state index contributed by atoms with van der Waals surface area (Å²) in [5.74, 6) is -0.272. The Morgan fingerprint density at radius 3 is 1.84 bits per heavy atom. The van der Waals surface area contributed by atoms with Crippen LogP contribution in [0.4, 0.5) is 0 Å². The van der Waals surface area contributed by atoms with Gasteiger partial charge in [-0.25, -0.2) is 16.8 Å². The number of carbonyl (C=O) groups is 1. The number of fused-ring (bicyclic) bond motifs is 1. The Balaban J connectivity index is 1.59. The molecule has 0 saturated carbocycles. The van der Waals surface area contributed by atoms with Gasteiger partial charge in [0.15, 0.2) is 5.78 Å². The fourth-order valence-corrected chi connectivity index (χ4v) is 9.23. The van der Waals surface area contributed by atoms with Crippen LogP contribution in [0.1, 0.15) is 39.6 Å². The quantitative estimate of drug-likeness (QED) is 0.184. The molecular formula is C35H32N2O5S2. The Labute approximate surface area is 258 Å². The van der Waals surface area contributed by atoms with Gasteiger partial charge >= 0.3 is 0 Å². The molecule has 0 N–H and O–H groups in total. The van der Waals surface area contributed by atoms with E-state index in [1.54, 1.807) is 66.7 Å². The second kappa shape index (κ2) is 11.7. The Morgan fingerprint density at radius 1 is 0.659 bits per heavy atom. The number of ketones is 1. The predicted octanol–water partition coefficient (Wildman–Crippen LogP) is 6.49. The average Bonchev–Trinajstić information content (AvgIpc) is 3.42. The van der Waals surface area contributed by atoms with Crippen molar-refractivity contribution in [2.45, 2.75) is 42.3 Å². The van der Waals surface area contributed by atoms with Crippen LogP contribution >= 0.6 is 0 Å². The molecule has 0 radical (unpaired) electrons. The first kappa shape index (κ1) is 29.9. The van der Waals surface area contributed by atoms with E-state index in [9.17, 15) is 21.6 Å². The molecule has 0 spiro atoms. The highest BCUT2D eigenvalue weighted by Gasteiger charge is 2.52. The summed E-state index contributed by atoms with van der Waals surface area (Å²) in [6, 6.07) is 33.6. The molecule has 44 heavy (non-hydrogen) atoms. The molecule has 0 unspecified atom stereocenters. The number of hydrogen-bond acceptors (Lipinski definition) is 5. The topological polar surface area (TPSA) is 91.8 Å². The van der Waals surface area contributed by atoms with Gasteiger partial charge in [0.2, 0.25) is 20.0 Å². The molecule has 1 fully saturated rings. The first-order chi connectivity index (χ1) is 21.1. The van der Waals surface area contributed by atoms with Crippen molar-refractivity contribution in [1.82, 2.24) is 8.61 Å². The lowest BCUT2D eigenvalue weighted by Crippen LogP contribution is -2.41. The summed E-state index contributed by atoms with van der Waals surface area (Å²) in [6.45, 7) is 3.53. The average molecular weight is 625 g/mol. The van der Waals surface area contributed by atoms with Crippen LogP contribution in [0.2, 0.25) is 0 Å². The van der Waals surface area contributed by atoms with Crippen LogP contribution in [0.25, 0.3) is 10.8 Å². The first-order valence-corrected chi connectivity index (χ1v) is 17.2. The van der Waals surface area contributed by atoms with Crippen LogP contribution in [0, 0.1) is 13.8 Å².